The van der Waals surface area contributed by atoms with E-state index in [-0.39, 0.29) is 12.2 Å². The standard InChI is InChI=1S/C24H24BrN3O4S2/c1-6-31-23(30)19-13(2)26-24-28(20(19)14-7-9-16(33-5)10-8-14)21(29)18(34-24)12-15-11-17(25)22(32-15)27(3)4/h7-12,20H,6H2,1-5H3/b18-12+/t20-/m0/s1. The number of anilines is 1. The Bertz CT molecular complexity index is 1450. The summed E-state index contributed by atoms with van der Waals surface area (Å²) in [4.78, 5) is 34.6. The predicted molar refractivity (Wildman–Crippen MR) is 139 cm³/mol. The maximum Gasteiger partial charge on any atom is 0.338 e. The van der Waals surface area contributed by atoms with E-state index >= 15 is 0 Å². The summed E-state index contributed by atoms with van der Waals surface area (Å²) in [5.74, 6) is 0.733. The molecule has 0 amide bonds. The molecule has 2 aromatic heterocycles. The highest BCUT2D eigenvalue weighted by Crippen LogP contribution is 2.32. The van der Waals surface area contributed by atoms with E-state index in [4.69, 9.17) is 9.15 Å². The van der Waals surface area contributed by atoms with Crippen LogP contribution in [0.3, 0.4) is 0 Å². The zero-order chi connectivity index (χ0) is 24.6. The SMILES string of the molecule is CCOC(=O)C1=C(C)N=c2s/c(=C/c3cc(Br)c(N(C)C)o3)c(=O)n2[C@H]1c1ccc(SC)cc1. The van der Waals surface area contributed by atoms with Crippen molar-refractivity contribution in [3.8, 4) is 0 Å². The third-order valence-electron chi connectivity index (χ3n) is 5.32. The van der Waals surface area contributed by atoms with Crippen molar-refractivity contribution in [2.75, 3.05) is 31.9 Å². The molecule has 0 saturated carbocycles. The van der Waals surface area contributed by atoms with Crippen molar-refractivity contribution in [3.05, 3.63) is 77.1 Å². The van der Waals surface area contributed by atoms with Gasteiger partial charge in [0.05, 0.1) is 32.9 Å². The zero-order valence-corrected chi connectivity index (χ0v) is 22.6. The van der Waals surface area contributed by atoms with Gasteiger partial charge < -0.3 is 14.1 Å². The molecule has 0 N–H and O–H groups in total. The lowest BCUT2D eigenvalue weighted by atomic mass is 9.96. The van der Waals surface area contributed by atoms with E-state index in [0.29, 0.717) is 32.2 Å². The summed E-state index contributed by atoms with van der Waals surface area (Å²) >= 11 is 6.39. The number of aromatic nitrogens is 1. The first-order valence-corrected chi connectivity index (χ1v) is 13.4. The quantitative estimate of drug-likeness (QED) is 0.335. The average Bonchev–Trinajstić information content (AvgIpc) is 3.32. The molecule has 7 nitrogen and oxygen atoms in total. The van der Waals surface area contributed by atoms with Crippen molar-refractivity contribution in [2.45, 2.75) is 24.8 Å². The Kier molecular flexibility index (Phi) is 7.20. The molecular formula is C24H24BrN3O4S2. The fourth-order valence-corrected chi connectivity index (χ4v) is 5.87. The van der Waals surface area contributed by atoms with Gasteiger partial charge in [-0.05, 0) is 53.7 Å². The Morgan fingerprint density at radius 3 is 2.65 bits per heavy atom. The maximum absolute atomic E-state index is 13.6. The van der Waals surface area contributed by atoms with Crippen LogP contribution in [0.15, 0.2) is 65.2 Å². The van der Waals surface area contributed by atoms with E-state index < -0.39 is 12.0 Å². The number of allylic oxidation sites excluding steroid dienone is 1. The first-order chi connectivity index (χ1) is 16.2. The number of esters is 1. The van der Waals surface area contributed by atoms with Crippen molar-refractivity contribution in [3.63, 3.8) is 0 Å². The minimum Gasteiger partial charge on any atom is -0.463 e. The zero-order valence-electron chi connectivity index (χ0n) is 19.4. The molecule has 0 radical (unpaired) electrons. The Labute approximate surface area is 213 Å². The van der Waals surface area contributed by atoms with E-state index in [1.807, 2.05) is 55.6 Å². The Morgan fingerprint density at radius 1 is 1.35 bits per heavy atom. The van der Waals surface area contributed by atoms with Gasteiger partial charge in [-0.1, -0.05) is 23.5 Å². The molecule has 3 aromatic rings. The summed E-state index contributed by atoms with van der Waals surface area (Å²) in [6, 6.07) is 9.04. The number of thioether (sulfide) groups is 1. The first-order valence-electron chi connectivity index (χ1n) is 10.6. The lowest BCUT2D eigenvalue weighted by Crippen LogP contribution is -2.39. The van der Waals surface area contributed by atoms with Gasteiger partial charge in [0, 0.05) is 31.1 Å². The highest BCUT2D eigenvalue weighted by molar-refractivity contribution is 9.10. The number of thiazole rings is 1. The van der Waals surface area contributed by atoms with Crippen molar-refractivity contribution in [1.29, 1.82) is 0 Å². The number of ether oxygens (including phenoxy) is 1. The van der Waals surface area contributed by atoms with Crippen LogP contribution in [-0.2, 0) is 9.53 Å². The second-order valence-electron chi connectivity index (χ2n) is 7.77. The molecule has 3 heterocycles. The number of carbonyl (C=O) groups is 1. The maximum atomic E-state index is 13.6. The number of benzene rings is 1. The third-order valence-corrected chi connectivity index (χ3v) is 7.61. The van der Waals surface area contributed by atoms with E-state index in [9.17, 15) is 9.59 Å². The molecular weight excluding hydrogens is 538 g/mol. The van der Waals surface area contributed by atoms with Crippen LogP contribution in [0.1, 0.15) is 31.2 Å². The van der Waals surface area contributed by atoms with Crippen LogP contribution in [0.2, 0.25) is 0 Å². The fourth-order valence-electron chi connectivity index (χ4n) is 3.77. The number of carbonyl (C=O) groups excluding carboxylic acids is 1. The molecule has 1 aliphatic heterocycles. The summed E-state index contributed by atoms with van der Waals surface area (Å²) < 4.78 is 14.1. The van der Waals surface area contributed by atoms with Crippen LogP contribution in [0, 0.1) is 0 Å². The minimum absolute atomic E-state index is 0.236. The largest absolute Gasteiger partial charge is 0.463 e. The molecule has 0 fully saturated rings. The van der Waals surface area contributed by atoms with Crippen LogP contribution >= 0.6 is 39.0 Å². The molecule has 4 rings (SSSR count). The monoisotopic (exact) mass is 561 g/mol. The van der Waals surface area contributed by atoms with Crippen LogP contribution in [0.25, 0.3) is 6.08 Å². The highest BCUT2D eigenvalue weighted by atomic mass is 79.9. The Balaban J connectivity index is 1.92. The summed E-state index contributed by atoms with van der Waals surface area (Å²) in [6.07, 6.45) is 3.71. The van der Waals surface area contributed by atoms with Gasteiger partial charge in [0.1, 0.15) is 5.76 Å². The molecule has 34 heavy (non-hydrogen) atoms. The smallest absolute Gasteiger partial charge is 0.338 e. The minimum atomic E-state index is -0.631. The van der Waals surface area contributed by atoms with Gasteiger partial charge in [0.2, 0.25) is 5.88 Å². The molecule has 1 atom stereocenters. The van der Waals surface area contributed by atoms with E-state index in [0.717, 1.165) is 14.9 Å². The molecule has 178 valence electrons. The van der Waals surface area contributed by atoms with Crippen LogP contribution < -0.4 is 19.8 Å². The summed E-state index contributed by atoms with van der Waals surface area (Å²) in [6.45, 7) is 3.77. The summed E-state index contributed by atoms with van der Waals surface area (Å²) in [5.41, 5.74) is 1.49. The van der Waals surface area contributed by atoms with Gasteiger partial charge in [0.25, 0.3) is 5.56 Å². The number of halogens is 1. The van der Waals surface area contributed by atoms with E-state index in [1.54, 1.807) is 36.3 Å². The van der Waals surface area contributed by atoms with Crippen molar-refractivity contribution >= 4 is 57.0 Å². The number of rotatable bonds is 6. The number of nitrogens with zero attached hydrogens (tertiary/aromatic N) is 3. The van der Waals surface area contributed by atoms with E-state index in [1.165, 1.54) is 11.3 Å². The van der Waals surface area contributed by atoms with Crippen molar-refractivity contribution in [2.24, 2.45) is 4.99 Å². The molecule has 10 heteroatoms. The summed E-state index contributed by atoms with van der Waals surface area (Å²) in [5, 5.41) is 0. The third kappa shape index (κ3) is 4.54. The average molecular weight is 563 g/mol. The van der Waals surface area contributed by atoms with Gasteiger partial charge in [0.15, 0.2) is 4.80 Å². The number of hydrogen-bond acceptors (Lipinski definition) is 8. The number of fused-ring (bicyclic) bond motifs is 1. The highest BCUT2D eigenvalue weighted by Gasteiger charge is 2.33. The number of furan rings is 1. The first kappa shape index (κ1) is 24.6. The van der Waals surface area contributed by atoms with Gasteiger partial charge in [-0.25, -0.2) is 9.79 Å². The molecule has 0 aliphatic carbocycles. The van der Waals surface area contributed by atoms with Crippen molar-refractivity contribution < 1.29 is 13.9 Å². The Morgan fingerprint density at radius 2 is 2.06 bits per heavy atom. The van der Waals surface area contributed by atoms with Crippen molar-refractivity contribution in [1.82, 2.24) is 4.57 Å². The van der Waals surface area contributed by atoms with Crippen LogP contribution in [0.4, 0.5) is 5.88 Å². The van der Waals surface area contributed by atoms with Gasteiger partial charge in [-0.3, -0.25) is 9.36 Å². The Hall–Kier alpha value is -2.56. The summed E-state index contributed by atoms with van der Waals surface area (Å²) in [7, 11) is 3.76. The molecule has 0 unspecified atom stereocenters. The molecule has 1 aromatic carbocycles. The molecule has 0 bridgehead atoms. The predicted octanol–water partition coefficient (Wildman–Crippen LogP) is 3.94. The molecule has 0 saturated heterocycles. The lowest BCUT2D eigenvalue weighted by molar-refractivity contribution is -0.139. The second kappa shape index (κ2) is 9.97. The molecule has 1 aliphatic rings. The number of hydrogen-bond donors (Lipinski definition) is 0. The normalized spacial score (nSPS) is 15.8. The second-order valence-corrected chi connectivity index (χ2v) is 10.5. The molecule has 0 spiro atoms. The fraction of sp³-hybridized carbons (Fsp3) is 0.292. The van der Waals surface area contributed by atoms with E-state index in [2.05, 4.69) is 20.9 Å². The van der Waals surface area contributed by atoms with Gasteiger partial charge in [-0.2, -0.15) is 0 Å². The van der Waals surface area contributed by atoms with Crippen LogP contribution in [0.5, 0.6) is 0 Å². The van der Waals surface area contributed by atoms with Gasteiger partial charge >= 0.3 is 5.97 Å². The lowest BCUT2D eigenvalue weighted by Gasteiger charge is -2.24. The van der Waals surface area contributed by atoms with Gasteiger partial charge in [-0.15, -0.1) is 11.8 Å². The topological polar surface area (TPSA) is 77.0 Å². The van der Waals surface area contributed by atoms with Crippen LogP contribution in [-0.4, -0.2) is 37.5 Å².